The minimum absolute atomic E-state index is 0.278. The number of amides is 2. The second-order valence-corrected chi connectivity index (χ2v) is 10.8. The van der Waals surface area contributed by atoms with Crippen LogP contribution >= 0.6 is 22.7 Å². The third-order valence-corrected chi connectivity index (χ3v) is 7.89. The summed E-state index contributed by atoms with van der Waals surface area (Å²) in [4.78, 5) is 31.4. The Hall–Kier alpha value is -3.74. The van der Waals surface area contributed by atoms with Gasteiger partial charge in [-0.3, -0.25) is 9.52 Å². The van der Waals surface area contributed by atoms with Crippen molar-refractivity contribution >= 4 is 51.3 Å². The van der Waals surface area contributed by atoms with E-state index in [1.807, 2.05) is 53.2 Å². The van der Waals surface area contributed by atoms with Crippen molar-refractivity contribution < 1.29 is 22.7 Å². The van der Waals surface area contributed by atoms with Gasteiger partial charge in [0.05, 0.1) is 23.7 Å². The number of carbonyl (C=O) groups excluding carboxylic acids is 2. The van der Waals surface area contributed by atoms with Gasteiger partial charge < -0.3 is 15.4 Å². The van der Waals surface area contributed by atoms with Gasteiger partial charge >= 0.3 is 6.09 Å². The molecule has 4 rings (SSSR count). The SMILES string of the molecule is COC(=O)N[C@@H](Cc1ccccc1)C(=O)N[C@@H](Cc1ccc(N[SH](=O)=O)cc1)c1nc(-c2cccs2)cs1. The van der Waals surface area contributed by atoms with Crippen LogP contribution in [0.15, 0.2) is 77.5 Å². The average Bonchev–Trinajstić information content (AvgIpc) is 3.62. The van der Waals surface area contributed by atoms with Crippen molar-refractivity contribution in [2.75, 3.05) is 11.8 Å². The molecule has 0 aliphatic carbocycles. The van der Waals surface area contributed by atoms with Gasteiger partial charge in [0.2, 0.25) is 16.8 Å². The Morgan fingerprint density at radius 3 is 2.32 bits per heavy atom. The number of anilines is 1. The van der Waals surface area contributed by atoms with E-state index < -0.39 is 29.1 Å². The van der Waals surface area contributed by atoms with Gasteiger partial charge in [0.25, 0.3) is 0 Å². The van der Waals surface area contributed by atoms with Crippen LogP contribution < -0.4 is 15.4 Å². The van der Waals surface area contributed by atoms with Crippen molar-refractivity contribution in [3.63, 3.8) is 0 Å². The number of benzene rings is 2. The van der Waals surface area contributed by atoms with Crippen molar-refractivity contribution in [2.45, 2.75) is 24.9 Å². The lowest BCUT2D eigenvalue weighted by atomic mass is 10.0. The first-order valence-electron chi connectivity index (χ1n) is 11.6. The summed E-state index contributed by atoms with van der Waals surface area (Å²) in [6.45, 7) is 0. The van der Waals surface area contributed by atoms with E-state index in [1.54, 1.807) is 35.6 Å². The number of thiophene rings is 1. The number of aromatic nitrogens is 1. The standard InChI is InChI=1S/C26H26N4O5S3/c1-35-26(32)29-20(14-17-6-3-2-4-7-17)24(31)27-21(15-18-9-11-19(12-10-18)30-38(33)34)25-28-22(16-37-25)23-8-5-13-36-23/h2-13,16,20-21,38H,14-15H2,1H3,(H,27,31)(H,29,32)(H,30,33,34)/t20-,21-/m0/s1. The molecule has 0 spiro atoms. The monoisotopic (exact) mass is 570 g/mol. The maximum absolute atomic E-state index is 13.5. The third kappa shape index (κ3) is 7.63. The first-order chi connectivity index (χ1) is 18.4. The van der Waals surface area contributed by atoms with E-state index in [4.69, 9.17) is 9.72 Å². The molecule has 4 aromatic rings. The number of rotatable bonds is 11. The van der Waals surface area contributed by atoms with Gasteiger partial charge in [-0.1, -0.05) is 48.5 Å². The van der Waals surface area contributed by atoms with Crippen LogP contribution in [0.4, 0.5) is 10.5 Å². The highest BCUT2D eigenvalue weighted by atomic mass is 32.2. The number of alkyl carbamates (subject to hydrolysis) is 1. The Labute approximate surface area is 230 Å². The minimum Gasteiger partial charge on any atom is -0.453 e. The van der Waals surface area contributed by atoms with Gasteiger partial charge in [-0.2, -0.15) is 0 Å². The maximum Gasteiger partial charge on any atom is 0.407 e. The fraction of sp³-hybridized carbons (Fsp3) is 0.192. The highest BCUT2D eigenvalue weighted by molar-refractivity contribution is 7.73. The molecule has 0 aliphatic heterocycles. The number of hydrogen-bond acceptors (Lipinski definition) is 8. The van der Waals surface area contributed by atoms with E-state index >= 15 is 0 Å². The van der Waals surface area contributed by atoms with E-state index in [1.165, 1.54) is 18.4 Å². The summed E-state index contributed by atoms with van der Waals surface area (Å²) in [5, 5.41) is 10.3. The van der Waals surface area contributed by atoms with Crippen LogP contribution in [0.2, 0.25) is 0 Å². The van der Waals surface area contributed by atoms with Gasteiger partial charge in [0, 0.05) is 17.5 Å². The second-order valence-electron chi connectivity index (χ2n) is 8.26. The molecule has 0 fully saturated rings. The lowest BCUT2D eigenvalue weighted by molar-refractivity contribution is -0.123. The van der Waals surface area contributed by atoms with Crippen LogP contribution in [0.5, 0.6) is 0 Å². The average molecular weight is 571 g/mol. The van der Waals surface area contributed by atoms with Gasteiger partial charge in [-0.15, -0.1) is 22.7 Å². The summed E-state index contributed by atoms with van der Waals surface area (Å²) in [7, 11) is -1.51. The molecule has 12 heteroatoms. The smallest absolute Gasteiger partial charge is 0.407 e. The molecule has 2 amide bonds. The van der Waals surface area contributed by atoms with E-state index in [0.29, 0.717) is 17.1 Å². The van der Waals surface area contributed by atoms with Crippen LogP contribution in [0.25, 0.3) is 10.6 Å². The summed E-state index contributed by atoms with van der Waals surface area (Å²) in [5.41, 5.74) is 3.03. The number of methoxy groups -OCH3 is 1. The molecule has 2 heterocycles. The first kappa shape index (κ1) is 27.3. The van der Waals surface area contributed by atoms with Crippen LogP contribution in [-0.2, 0) is 33.3 Å². The van der Waals surface area contributed by atoms with Crippen LogP contribution in [0.3, 0.4) is 0 Å². The van der Waals surface area contributed by atoms with Crippen molar-refractivity contribution in [1.29, 1.82) is 0 Å². The summed E-state index contributed by atoms with van der Waals surface area (Å²) >= 11 is 3.02. The molecular formula is C26H26N4O5S3. The molecule has 0 saturated carbocycles. The van der Waals surface area contributed by atoms with Gasteiger partial charge in [-0.05, 0) is 41.1 Å². The molecule has 0 unspecified atom stereocenters. The quantitative estimate of drug-likeness (QED) is 0.201. The van der Waals surface area contributed by atoms with E-state index in [0.717, 1.165) is 21.7 Å². The number of carbonyl (C=O) groups is 2. The van der Waals surface area contributed by atoms with E-state index in [2.05, 4.69) is 15.4 Å². The summed E-state index contributed by atoms with van der Waals surface area (Å²) < 4.78 is 29.0. The zero-order chi connectivity index (χ0) is 26.9. The molecule has 9 nitrogen and oxygen atoms in total. The summed E-state index contributed by atoms with van der Waals surface area (Å²) in [5.74, 6) is -0.376. The predicted molar refractivity (Wildman–Crippen MR) is 150 cm³/mol. The third-order valence-electron chi connectivity index (χ3n) is 5.60. The zero-order valence-electron chi connectivity index (χ0n) is 20.3. The fourth-order valence-corrected chi connectivity index (χ4v) is 5.76. The normalized spacial score (nSPS) is 12.5. The van der Waals surface area contributed by atoms with Crippen molar-refractivity contribution in [2.24, 2.45) is 0 Å². The largest absolute Gasteiger partial charge is 0.453 e. The molecule has 0 aliphatic rings. The van der Waals surface area contributed by atoms with Crippen molar-refractivity contribution in [3.05, 3.63) is 93.6 Å². The molecule has 0 saturated heterocycles. The molecule has 2 aromatic heterocycles. The number of ether oxygens (including phenoxy) is 1. The number of thiol groups is 1. The van der Waals surface area contributed by atoms with Crippen LogP contribution in [0, 0.1) is 0 Å². The van der Waals surface area contributed by atoms with E-state index in [-0.39, 0.29) is 12.3 Å². The predicted octanol–water partition coefficient (Wildman–Crippen LogP) is 4.18. The van der Waals surface area contributed by atoms with Gasteiger partial charge in [-0.25, -0.2) is 18.2 Å². The lowest BCUT2D eigenvalue weighted by Gasteiger charge is -2.22. The summed E-state index contributed by atoms with van der Waals surface area (Å²) in [6.07, 6.45) is -0.0179. The number of nitrogens with zero attached hydrogens (tertiary/aromatic N) is 1. The van der Waals surface area contributed by atoms with Crippen molar-refractivity contribution in [3.8, 4) is 10.6 Å². The Morgan fingerprint density at radius 1 is 0.921 bits per heavy atom. The molecule has 2 atom stereocenters. The Balaban J connectivity index is 1.59. The Kier molecular flexibility index (Phi) is 9.46. The number of nitrogens with one attached hydrogen (secondary N) is 3. The number of hydrogen-bond donors (Lipinski definition) is 4. The minimum atomic E-state index is -2.76. The Bertz CT molecular complexity index is 1410. The van der Waals surface area contributed by atoms with E-state index in [9.17, 15) is 18.0 Å². The topological polar surface area (TPSA) is 126 Å². The molecule has 198 valence electrons. The second kappa shape index (κ2) is 13.2. The van der Waals surface area contributed by atoms with Crippen LogP contribution in [-0.4, -0.2) is 38.6 Å². The molecular weight excluding hydrogens is 545 g/mol. The van der Waals surface area contributed by atoms with Gasteiger partial charge in [0.1, 0.15) is 11.0 Å². The highest BCUT2D eigenvalue weighted by Crippen LogP contribution is 2.30. The fourth-order valence-electron chi connectivity index (χ4n) is 3.77. The Morgan fingerprint density at radius 2 is 1.66 bits per heavy atom. The summed E-state index contributed by atoms with van der Waals surface area (Å²) in [6, 6.07) is 18.9. The molecule has 2 aromatic carbocycles. The zero-order valence-corrected chi connectivity index (χ0v) is 22.9. The molecule has 38 heavy (non-hydrogen) atoms. The number of thiazole rings is 1. The lowest BCUT2D eigenvalue weighted by Crippen LogP contribution is -2.49. The maximum atomic E-state index is 13.5. The molecule has 0 radical (unpaired) electrons. The molecule has 0 bridgehead atoms. The first-order valence-corrected chi connectivity index (χ1v) is 14.5. The molecule has 3 N–H and O–H groups in total. The van der Waals surface area contributed by atoms with Gasteiger partial charge in [0.15, 0.2) is 0 Å². The van der Waals surface area contributed by atoms with Crippen molar-refractivity contribution in [1.82, 2.24) is 15.6 Å². The van der Waals surface area contributed by atoms with Crippen LogP contribution in [0.1, 0.15) is 22.2 Å². The highest BCUT2D eigenvalue weighted by Gasteiger charge is 2.26.